The SMILES string of the molecule is O=C(CSc1nnc(C2CCCCC2)n1Cc1ccccc1)Nc1ccccc1. The number of amides is 1. The molecule has 1 amide bonds. The molecule has 3 aromatic rings. The van der Waals surface area contributed by atoms with Gasteiger partial charge < -0.3 is 9.88 Å². The van der Waals surface area contributed by atoms with Crippen LogP contribution in [-0.2, 0) is 11.3 Å². The van der Waals surface area contributed by atoms with Crippen LogP contribution >= 0.6 is 11.8 Å². The van der Waals surface area contributed by atoms with Gasteiger partial charge in [0.25, 0.3) is 0 Å². The summed E-state index contributed by atoms with van der Waals surface area (Å²) < 4.78 is 2.21. The number of thioether (sulfide) groups is 1. The van der Waals surface area contributed by atoms with Crippen molar-refractivity contribution in [3.63, 3.8) is 0 Å². The first-order chi connectivity index (χ1) is 14.3. The number of para-hydroxylation sites is 1. The van der Waals surface area contributed by atoms with Crippen LogP contribution in [0, 0.1) is 0 Å². The molecule has 0 aliphatic heterocycles. The molecule has 0 saturated heterocycles. The molecular weight excluding hydrogens is 380 g/mol. The molecule has 0 atom stereocenters. The Hall–Kier alpha value is -2.60. The standard InChI is InChI=1S/C23H26N4OS/c28-21(24-20-14-8-3-9-15-20)17-29-23-26-25-22(19-12-6-2-7-13-19)27(23)16-18-10-4-1-5-11-18/h1,3-5,8-11,14-15,19H,2,6-7,12-13,16-17H2,(H,24,28). The summed E-state index contributed by atoms with van der Waals surface area (Å²) in [6.45, 7) is 0.738. The second-order valence-electron chi connectivity index (χ2n) is 7.45. The zero-order chi connectivity index (χ0) is 19.9. The molecule has 1 saturated carbocycles. The predicted octanol–water partition coefficient (Wildman–Crippen LogP) is 5.10. The molecule has 6 heteroatoms. The van der Waals surface area contributed by atoms with Gasteiger partial charge in [0.1, 0.15) is 5.82 Å². The quantitative estimate of drug-likeness (QED) is 0.554. The van der Waals surface area contributed by atoms with E-state index in [1.165, 1.54) is 49.4 Å². The van der Waals surface area contributed by atoms with Gasteiger partial charge in [-0.3, -0.25) is 4.79 Å². The fourth-order valence-electron chi connectivity index (χ4n) is 3.83. The van der Waals surface area contributed by atoms with Crippen LogP contribution < -0.4 is 5.32 Å². The van der Waals surface area contributed by atoms with Crippen molar-refractivity contribution in [3.05, 3.63) is 72.1 Å². The van der Waals surface area contributed by atoms with E-state index in [9.17, 15) is 4.79 Å². The third-order valence-corrected chi connectivity index (χ3v) is 6.26. The lowest BCUT2D eigenvalue weighted by atomic mass is 9.88. The summed E-state index contributed by atoms with van der Waals surface area (Å²) in [5, 5.41) is 12.8. The van der Waals surface area contributed by atoms with Gasteiger partial charge in [0.2, 0.25) is 5.91 Å². The van der Waals surface area contributed by atoms with E-state index < -0.39 is 0 Å². The molecule has 2 aromatic carbocycles. The smallest absolute Gasteiger partial charge is 0.234 e. The van der Waals surface area contributed by atoms with Gasteiger partial charge in [0.05, 0.1) is 12.3 Å². The molecule has 0 unspecified atom stereocenters. The Labute approximate surface area is 175 Å². The van der Waals surface area contributed by atoms with Crippen molar-refractivity contribution in [2.75, 3.05) is 11.1 Å². The number of benzene rings is 2. The molecule has 1 aliphatic carbocycles. The number of aromatic nitrogens is 3. The Morgan fingerprint density at radius 2 is 1.66 bits per heavy atom. The lowest BCUT2D eigenvalue weighted by Crippen LogP contribution is -2.16. The van der Waals surface area contributed by atoms with E-state index in [1.54, 1.807) is 0 Å². The van der Waals surface area contributed by atoms with E-state index >= 15 is 0 Å². The summed E-state index contributed by atoms with van der Waals surface area (Å²) in [5.41, 5.74) is 2.03. The Kier molecular flexibility index (Phi) is 6.62. The lowest BCUT2D eigenvalue weighted by molar-refractivity contribution is -0.113. The molecule has 1 aliphatic rings. The normalized spacial score (nSPS) is 14.6. The molecule has 1 heterocycles. The number of anilines is 1. The number of nitrogens with zero attached hydrogens (tertiary/aromatic N) is 3. The van der Waals surface area contributed by atoms with Crippen LogP contribution in [0.15, 0.2) is 65.8 Å². The number of rotatable bonds is 7. The fraction of sp³-hybridized carbons (Fsp3) is 0.348. The van der Waals surface area contributed by atoms with E-state index in [1.807, 2.05) is 36.4 Å². The van der Waals surface area contributed by atoms with E-state index in [-0.39, 0.29) is 5.91 Å². The second kappa shape index (κ2) is 9.74. The monoisotopic (exact) mass is 406 g/mol. The van der Waals surface area contributed by atoms with Crippen molar-refractivity contribution < 1.29 is 4.79 Å². The summed E-state index contributed by atoms with van der Waals surface area (Å²) in [7, 11) is 0. The zero-order valence-corrected chi connectivity index (χ0v) is 17.3. The maximum absolute atomic E-state index is 12.4. The summed E-state index contributed by atoms with van der Waals surface area (Å²) in [5.74, 6) is 1.81. The van der Waals surface area contributed by atoms with Crippen LogP contribution in [0.3, 0.4) is 0 Å². The Morgan fingerprint density at radius 3 is 2.38 bits per heavy atom. The average molecular weight is 407 g/mol. The van der Waals surface area contributed by atoms with E-state index in [0.717, 1.165) is 23.2 Å². The van der Waals surface area contributed by atoms with Crippen LogP contribution in [-0.4, -0.2) is 26.4 Å². The van der Waals surface area contributed by atoms with Gasteiger partial charge in [0.15, 0.2) is 5.16 Å². The van der Waals surface area contributed by atoms with Crippen LogP contribution in [0.4, 0.5) is 5.69 Å². The minimum absolute atomic E-state index is 0.0327. The van der Waals surface area contributed by atoms with Crippen LogP contribution in [0.2, 0.25) is 0 Å². The molecule has 1 fully saturated rings. The van der Waals surface area contributed by atoms with Crippen molar-refractivity contribution in [3.8, 4) is 0 Å². The topological polar surface area (TPSA) is 59.8 Å². The summed E-state index contributed by atoms with van der Waals surface area (Å²) in [6.07, 6.45) is 6.17. The first-order valence-corrected chi connectivity index (χ1v) is 11.2. The Bertz CT molecular complexity index is 921. The first-order valence-electron chi connectivity index (χ1n) is 10.2. The van der Waals surface area contributed by atoms with Crippen molar-refractivity contribution in [1.29, 1.82) is 0 Å². The number of carbonyl (C=O) groups is 1. The van der Waals surface area contributed by atoms with Crippen LogP contribution in [0.5, 0.6) is 0 Å². The van der Waals surface area contributed by atoms with Gasteiger partial charge in [-0.25, -0.2) is 0 Å². The maximum Gasteiger partial charge on any atom is 0.234 e. The summed E-state index contributed by atoms with van der Waals surface area (Å²) in [4.78, 5) is 12.4. The minimum atomic E-state index is -0.0327. The van der Waals surface area contributed by atoms with Crippen molar-refractivity contribution in [1.82, 2.24) is 14.8 Å². The second-order valence-corrected chi connectivity index (χ2v) is 8.39. The van der Waals surface area contributed by atoms with Crippen molar-refractivity contribution in [2.45, 2.75) is 49.7 Å². The molecule has 0 bridgehead atoms. The molecular formula is C23H26N4OS. The zero-order valence-electron chi connectivity index (χ0n) is 16.5. The van der Waals surface area contributed by atoms with Gasteiger partial charge in [0, 0.05) is 11.6 Å². The van der Waals surface area contributed by atoms with Gasteiger partial charge >= 0.3 is 0 Å². The van der Waals surface area contributed by atoms with Crippen LogP contribution in [0.1, 0.15) is 49.4 Å². The van der Waals surface area contributed by atoms with Gasteiger partial charge in [-0.05, 0) is 30.5 Å². The van der Waals surface area contributed by atoms with E-state index in [4.69, 9.17) is 0 Å². The third-order valence-electron chi connectivity index (χ3n) is 5.29. The molecule has 0 spiro atoms. The van der Waals surface area contributed by atoms with E-state index in [0.29, 0.717) is 11.7 Å². The Balaban J connectivity index is 1.49. The average Bonchev–Trinajstić information content (AvgIpc) is 3.17. The number of hydrogen-bond acceptors (Lipinski definition) is 4. The first kappa shape index (κ1) is 19.7. The lowest BCUT2D eigenvalue weighted by Gasteiger charge is -2.22. The highest BCUT2D eigenvalue weighted by Gasteiger charge is 2.24. The van der Waals surface area contributed by atoms with Crippen LogP contribution in [0.25, 0.3) is 0 Å². The van der Waals surface area contributed by atoms with Crippen molar-refractivity contribution in [2.24, 2.45) is 0 Å². The van der Waals surface area contributed by atoms with Crippen molar-refractivity contribution >= 4 is 23.4 Å². The van der Waals surface area contributed by atoms with Gasteiger partial charge in [-0.15, -0.1) is 10.2 Å². The highest BCUT2D eigenvalue weighted by atomic mass is 32.2. The molecule has 1 aromatic heterocycles. The molecule has 0 radical (unpaired) electrons. The Morgan fingerprint density at radius 1 is 0.966 bits per heavy atom. The fourth-order valence-corrected chi connectivity index (χ4v) is 4.58. The van der Waals surface area contributed by atoms with E-state index in [2.05, 4.69) is 44.3 Å². The molecule has 29 heavy (non-hydrogen) atoms. The maximum atomic E-state index is 12.4. The number of carbonyl (C=O) groups excluding carboxylic acids is 1. The molecule has 5 nitrogen and oxygen atoms in total. The summed E-state index contributed by atoms with van der Waals surface area (Å²) in [6, 6.07) is 19.9. The largest absolute Gasteiger partial charge is 0.325 e. The predicted molar refractivity (Wildman–Crippen MR) is 117 cm³/mol. The summed E-state index contributed by atoms with van der Waals surface area (Å²) >= 11 is 1.46. The molecule has 4 rings (SSSR count). The molecule has 1 N–H and O–H groups in total. The van der Waals surface area contributed by atoms with Gasteiger partial charge in [-0.1, -0.05) is 79.6 Å². The third kappa shape index (κ3) is 5.26. The highest BCUT2D eigenvalue weighted by Crippen LogP contribution is 2.33. The van der Waals surface area contributed by atoms with Gasteiger partial charge in [-0.2, -0.15) is 0 Å². The number of nitrogens with one attached hydrogen (secondary N) is 1. The molecule has 150 valence electrons. The minimum Gasteiger partial charge on any atom is -0.325 e. The highest BCUT2D eigenvalue weighted by molar-refractivity contribution is 7.99. The number of hydrogen-bond donors (Lipinski definition) is 1.